The molecule has 0 aliphatic rings. The minimum absolute atomic E-state index is 0.142. The minimum atomic E-state index is -0.923. The minimum Gasteiger partial charge on any atom is -0.872 e. The van der Waals surface area contributed by atoms with Crippen LogP contribution in [0.25, 0.3) is 0 Å². The Labute approximate surface area is 129 Å². The summed E-state index contributed by atoms with van der Waals surface area (Å²) in [5.74, 6) is -2.01. The lowest BCUT2D eigenvalue weighted by Crippen LogP contribution is -2.19. The summed E-state index contributed by atoms with van der Waals surface area (Å²) in [6, 6.07) is 6.51. The van der Waals surface area contributed by atoms with Crippen molar-refractivity contribution in [2.24, 2.45) is 5.10 Å². The van der Waals surface area contributed by atoms with E-state index in [0.717, 1.165) is 30.5 Å². The molecule has 0 aromatic heterocycles. The van der Waals surface area contributed by atoms with Crippen molar-refractivity contribution in [2.75, 3.05) is 0 Å². The number of phenols is 2. The Kier molecular flexibility index (Phi) is 4.41. The monoisotopic (exact) mass is 316 g/mol. The molecule has 23 heavy (non-hydrogen) atoms. The molecule has 2 aromatic rings. The second-order valence-corrected chi connectivity index (χ2v) is 4.38. The predicted molar refractivity (Wildman–Crippen MR) is 77.4 cm³/mol. The Morgan fingerprint density at radius 1 is 1.22 bits per heavy atom. The number of nitro benzene ring substituents is 1. The fraction of sp³-hybridized carbons (Fsp3) is 0. The number of rotatable bonds is 4. The highest BCUT2D eigenvalue weighted by molar-refractivity contribution is 5.98. The highest BCUT2D eigenvalue weighted by Crippen LogP contribution is 2.22. The molecule has 118 valence electrons. The maximum Gasteiger partial charge on any atom is 0.270 e. The molecule has 0 fully saturated rings. The van der Waals surface area contributed by atoms with Gasteiger partial charge >= 0.3 is 0 Å². The molecular formula is C14H10N3O6-. The largest absolute Gasteiger partial charge is 0.872 e. The van der Waals surface area contributed by atoms with Crippen molar-refractivity contribution in [3.05, 3.63) is 57.6 Å². The van der Waals surface area contributed by atoms with Gasteiger partial charge in [-0.15, -0.1) is 0 Å². The highest BCUT2D eigenvalue weighted by Gasteiger charge is 2.12. The van der Waals surface area contributed by atoms with Crippen LogP contribution in [-0.2, 0) is 0 Å². The number of carbonyl (C=O) groups excluding carboxylic acids is 1. The van der Waals surface area contributed by atoms with E-state index < -0.39 is 27.8 Å². The molecule has 0 radical (unpaired) electrons. The molecule has 2 rings (SSSR count). The number of aromatic hydroxyl groups is 2. The first kappa shape index (κ1) is 15.8. The van der Waals surface area contributed by atoms with Gasteiger partial charge in [0.2, 0.25) is 0 Å². The standard InChI is InChI=1S/C14H11N3O6/c18-10-3-1-8(13(20)6-10)7-15-16-14(21)11-5-9(17(22)23)2-4-12(11)19/h1-7,18-20H,(H,16,21)/p-1/b15-7+. The summed E-state index contributed by atoms with van der Waals surface area (Å²) in [5, 5.41) is 44.4. The molecule has 0 spiro atoms. The lowest BCUT2D eigenvalue weighted by molar-refractivity contribution is -0.385. The molecule has 0 unspecified atom stereocenters. The average molecular weight is 316 g/mol. The van der Waals surface area contributed by atoms with Crippen molar-refractivity contribution in [1.82, 2.24) is 5.43 Å². The first-order chi connectivity index (χ1) is 10.9. The fourth-order valence-corrected chi connectivity index (χ4v) is 1.67. The van der Waals surface area contributed by atoms with E-state index in [1.165, 1.54) is 12.1 Å². The highest BCUT2D eigenvalue weighted by atomic mass is 16.6. The van der Waals surface area contributed by atoms with Crippen LogP contribution in [0.5, 0.6) is 17.2 Å². The number of carbonyl (C=O) groups is 1. The smallest absolute Gasteiger partial charge is 0.270 e. The van der Waals surface area contributed by atoms with Crippen LogP contribution >= 0.6 is 0 Å². The van der Waals surface area contributed by atoms with Crippen molar-refractivity contribution >= 4 is 17.8 Å². The van der Waals surface area contributed by atoms with Crippen LogP contribution in [0.3, 0.4) is 0 Å². The van der Waals surface area contributed by atoms with E-state index in [1.807, 2.05) is 5.43 Å². The number of nitrogens with zero attached hydrogens (tertiary/aromatic N) is 2. The summed E-state index contributed by atoms with van der Waals surface area (Å²) in [4.78, 5) is 21.7. The van der Waals surface area contributed by atoms with Crippen LogP contribution in [-0.4, -0.2) is 27.3 Å². The second kappa shape index (κ2) is 6.43. The van der Waals surface area contributed by atoms with Gasteiger partial charge in [-0.25, -0.2) is 5.43 Å². The molecule has 0 saturated heterocycles. The van der Waals surface area contributed by atoms with Crippen molar-refractivity contribution in [2.45, 2.75) is 0 Å². The number of phenolic OH excluding ortho intramolecular Hbond substituents is 2. The molecule has 0 aliphatic carbocycles. The fourth-order valence-electron chi connectivity index (χ4n) is 1.67. The Morgan fingerprint density at radius 3 is 2.61 bits per heavy atom. The normalized spacial score (nSPS) is 10.6. The summed E-state index contributed by atoms with van der Waals surface area (Å²) in [5.41, 5.74) is 1.42. The molecular weight excluding hydrogens is 306 g/mol. The number of hydrazone groups is 1. The van der Waals surface area contributed by atoms with Crippen LogP contribution in [0.15, 0.2) is 41.5 Å². The van der Waals surface area contributed by atoms with E-state index in [0.29, 0.717) is 0 Å². The molecule has 2 aromatic carbocycles. The second-order valence-electron chi connectivity index (χ2n) is 4.38. The van der Waals surface area contributed by atoms with Gasteiger partial charge in [0, 0.05) is 29.3 Å². The summed E-state index contributed by atoms with van der Waals surface area (Å²) >= 11 is 0. The SMILES string of the molecule is O=C(N/N=C/c1ccc(O)cc1O)c1cc([N+](=O)[O-])ccc1[O-]. The van der Waals surface area contributed by atoms with Crippen molar-refractivity contribution < 1.29 is 25.0 Å². The Morgan fingerprint density at radius 2 is 1.96 bits per heavy atom. The third-order valence-electron chi connectivity index (χ3n) is 2.80. The van der Waals surface area contributed by atoms with Crippen LogP contribution in [0.1, 0.15) is 15.9 Å². The van der Waals surface area contributed by atoms with Gasteiger partial charge in [-0.3, -0.25) is 14.9 Å². The molecule has 0 heterocycles. The van der Waals surface area contributed by atoms with Gasteiger partial charge in [-0.2, -0.15) is 5.10 Å². The van der Waals surface area contributed by atoms with Crippen LogP contribution in [0.4, 0.5) is 5.69 Å². The van der Waals surface area contributed by atoms with Gasteiger partial charge in [-0.05, 0) is 12.1 Å². The first-order valence-electron chi connectivity index (χ1n) is 6.19. The van der Waals surface area contributed by atoms with Gasteiger partial charge in [0.15, 0.2) is 0 Å². The average Bonchev–Trinajstić information content (AvgIpc) is 2.49. The van der Waals surface area contributed by atoms with Gasteiger partial charge in [0.1, 0.15) is 11.5 Å². The lowest BCUT2D eigenvalue weighted by Gasteiger charge is -2.10. The van der Waals surface area contributed by atoms with Crippen LogP contribution < -0.4 is 10.5 Å². The summed E-state index contributed by atoms with van der Waals surface area (Å²) in [7, 11) is 0. The number of nitrogens with one attached hydrogen (secondary N) is 1. The summed E-state index contributed by atoms with van der Waals surface area (Å²) in [6.45, 7) is 0. The van der Waals surface area contributed by atoms with E-state index in [1.54, 1.807) is 0 Å². The van der Waals surface area contributed by atoms with Gasteiger partial charge in [0.05, 0.1) is 11.1 Å². The van der Waals surface area contributed by atoms with E-state index in [4.69, 9.17) is 5.11 Å². The lowest BCUT2D eigenvalue weighted by atomic mass is 10.1. The molecule has 0 bridgehead atoms. The third-order valence-corrected chi connectivity index (χ3v) is 2.80. The number of amides is 1. The Hall–Kier alpha value is -3.62. The summed E-state index contributed by atoms with van der Waals surface area (Å²) < 4.78 is 0. The third kappa shape index (κ3) is 3.73. The maximum absolute atomic E-state index is 11.8. The number of hydrogen-bond acceptors (Lipinski definition) is 7. The van der Waals surface area contributed by atoms with Gasteiger partial charge in [-0.1, -0.05) is 11.8 Å². The van der Waals surface area contributed by atoms with Crippen molar-refractivity contribution in [3.8, 4) is 17.2 Å². The zero-order valence-corrected chi connectivity index (χ0v) is 11.5. The maximum atomic E-state index is 11.8. The molecule has 9 nitrogen and oxygen atoms in total. The van der Waals surface area contributed by atoms with Gasteiger partial charge in [0.25, 0.3) is 11.6 Å². The number of nitro groups is 1. The van der Waals surface area contributed by atoms with E-state index >= 15 is 0 Å². The number of hydrogen-bond donors (Lipinski definition) is 3. The quantitative estimate of drug-likeness (QED) is 0.432. The molecule has 1 amide bonds. The van der Waals surface area contributed by atoms with Crippen molar-refractivity contribution in [3.63, 3.8) is 0 Å². The van der Waals surface area contributed by atoms with Gasteiger partial charge < -0.3 is 15.3 Å². The molecule has 3 N–H and O–H groups in total. The van der Waals surface area contributed by atoms with E-state index in [2.05, 4.69) is 5.10 Å². The number of non-ortho nitro benzene ring substituents is 1. The summed E-state index contributed by atoms with van der Waals surface area (Å²) in [6.07, 6.45) is 1.09. The zero-order chi connectivity index (χ0) is 17.0. The topological polar surface area (TPSA) is 148 Å². The molecule has 0 aliphatic heterocycles. The van der Waals surface area contributed by atoms with E-state index in [-0.39, 0.29) is 17.1 Å². The van der Waals surface area contributed by atoms with Crippen LogP contribution in [0, 0.1) is 10.1 Å². The molecule has 0 saturated carbocycles. The van der Waals surface area contributed by atoms with Crippen molar-refractivity contribution in [1.29, 1.82) is 0 Å². The van der Waals surface area contributed by atoms with Crippen LogP contribution in [0.2, 0.25) is 0 Å². The zero-order valence-electron chi connectivity index (χ0n) is 11.5. The first-order valence-corrected chi connectivity index (χ1v) is 6.19. The molecule has 9 heteroatoms. The molecule has 0 atom stereocenters. The van der Waals surface area contributed by atoms with E-state index in [9.17, 15) is 25.1 Å². The number of benzene rings is 2. The Bertz CT molecular complexity index is 803. The predicted octanol–water partition coefficient (Wildman–Crippen LogP) is 0.843. The Balaban J connectivity index is 2.15.